The second kappa shape index (κ2) is 9.99. The summed E-state index contributed by atoms with van der Waals surface area (Å²) in [6, 6.07) is 15.4. The van der Waals surface area contributed by atoms with Crippen LogP contribution < -0.4 is 10.1 Å². The van der Waals surface area contributed by atoms with Crippen LogP contribution in [0.15, 0.2) is 60.8 Å². The van der Waals surface area contributed by atoms with E-state index in [1.807, 2.05) is 16.7 Å². The van der Waals surface area contributed by atoms with Gasteiger partial charge in [-0.05, 0) is 48.9 Å². The molecule has 0 aliphatic rings. The number of ether oxygens (including phenoxy) is 2. The smallest absolute Gasteiger partial charge is 0.337 e. The Balaban J connectivity index is 1.78. The van der Waals surface area contributed by atoms with Gasteiger partial charge in [0, 0.05) is 46.1 Å². The maximum Gasteiger partial charge on any atom is 0.337 e. The summed E-state index contributed by atoms with van der Waals surface area (Å²) in [5.41, 5.74) is 3.10. The summed E-state index contributed by atoms with van der Waals surface area (Å²) in [5, 5.41) is 3.69. The first kappa shape index (κ1) is 24.0. The molecule has 4 aromatic rings. The zero-order chi connectivity index (χ0) is 25.1. The first-order chi connectivity index (χ1) is 16.8. The number of nitrogens with zero attached hydrogens (tertiary/aromatic N) is 2. The number of amides is 1. The predicted octanol–water partition coefficient (Wildman–Crippen LogP) is 4.66. The van der Waals surface area contributed by atoms with Crippen LogP contribution in [-0.2, 0) is 16.1 Å². The van der Waals surface area contributed by atoms with Crippen molar-refractivity contribution in [2.24, 2.45) is 0 Å². The molecule has 8 nitrogen and oxygen atoms in total. The minimum absolute atomic E-state index is 0.207. The van der Waals surface area contributed by atoms with Gasteiger partial charge in [0.15, 0.2) is 0 Å². The van der Waals surface area contributed by atoms with E-state index in [2.05, 4.69) is 10.3 Å². The molecule has 0 bridgehead atoms. The van der Waals surface area contributed by atoms with E-state index in [0.717, 1.165) is 5.56 Å². The van der Waals surface area contributed by atoms with Gasteiger partial charge in [-0.2, -0.15) is 0 Å². The molecule has 0 saturated carbocycles. The van der Waals surface area contributed by atoms with Gasteiger partial charge in [-0.3, -0.25) is 9.59 Å². The van der Waals surface area contributed by atoms with E-state index < -0.39 is 17.7 Å². The molecule has 178 valence electrons. The molecule has 2 aromatic carbocycles. The standard InChI is InChI=1S/C26H22ClN3O5/c1-15-23(24(31)25(32)29-19-10-11-28-22(13-19)34-2)20-12-17(26(33)35-3)6-9-21(20)30(15)14-16-4-7-18(27)8-5-16/h4-13H,14H2,1-3H3,(H,28,29,32). The van der Waals surface area contributed by atoms with E-state index in [0.29, 0.717) is 39.7 Å². The Kier molecular flexibility index (Phi) is 6.84. The van der Waals surface area contributed by atoms with Gasteiger partial charge in [-0.1, -0.05) is 23.7 Å². The van der Waals surface area contributed by atoms with Gasteiger partial charge < -0.3 is 19.4 Å². The van der Waals surface area contributed by atoms with Crippen LogP contribution in [0, 0.1) is 6.92 Å². The first-order valence-electron chi connectivity index (χ1n) is 10.6. The second-order valence-electron chi connectivity index (χ2n) is 7.77. The molecule has 0 spiro atoms. The predicted molar refractivity (Wildman–Crippen MR) is 132 cm³/mol. The number of hydrogen-bond donors (Lipinski definition) is 1. The van der Waals surface area contributed by atoms with Crippen LogP contribution in [-0.4, -0.2) is 41.4 Å². The quantitative estimate of drug-likeness (QED) is 0.229. The maximum atomic E-state index is 13.4. The number of benzene rings is 2. The number of esters is 1. The highest BCUT2D eigenvalue weighted by molar-refractivity contribution is 6.48. The minimum atomic E-state index is -0.824. The fourth-order valence-corrected chi connectivity index (χ4v) is 4.02. The molecule has 4 rings (SSSR count). The van der Waals surface area contributed by atoms with Crippen LogP contribution in [0.5, 0.6) is 5.88 Å². The highest BCUT2D eigenvalue weighted by Crippen LogP contribution is 2.29. The molecular weight excluding hydrogens is 470 g/mol. The molecule has 1 amide bonds. The maximum absolute atomic E-state index is 13.4. The van der Waals surface area contributed by atoms with E-state index in [1.165, 1.54) is 26.5 Å². The average Bonchev–Trinajstić information content (AvgIpc) is 3.14. The van der Waals surface area contributed by atoms with Gasteiger partial charge in [0.25, 0.3) is 11.7 Å². The lowest BCUT2D eigenvalue weighted by atomic mass is 10.0. The number of nitrogens with one attached hydrogen (secondary N) is 1. The Morgan fingerprint density at radius 2 is 1.77 bits per heavy atom. The van der Waals surface area contributed by atoms with Crippen molar-refractivity contribution in [1.82, 2.24) is 9.55 Å². The van der Waals surface area contributed by atoms with E-state index in [1.54, 1.807) is 43.3 Å². The van der Waals surface area contributed by atoms with Crippen molar-refractivity contribution < 1.29 is 23.9 Å². The molecule has 2 heterocycles. The monoisotopic (exact) mass is 491 g/mol. The summed E-state index contributed by atoms with van der Waals surface area (Å²) < 4.78 is 11.8. The van der Waals surface area contributed by atoms with Crippen LogP contribution in [0.25, 0.3) is 10.9 Å². The van der Waals surface area contributed by atoms with Crippen LogP contribution in [0.1, 0.15) is 32.0 Å². The molecule has 1 N–H and O–H groups in total. The molecule has 0 aliphatic carbocycles. The number of carbonyl (C=O) groups is 3. The molecule has 0 atom stereocenters. The van der Waals surface area contributed by atoms with Crippen molar-refractivity contribution in [3.05, 3.63) is 88.2 Å². The largest absolute Gasteiger partial charge is 0.481 e. The third-order valence-corrected chi connectivity index (χ3v) is 5.89. The topological polar surface area (TPSA) is 99.5 Å². The number of rotatable bonds is 7. The number of aromatic nitrogens is 2. The van der Waals surface area contributed by atoms with Crippen molar-refractivity contribution in [2.75, 3.05) is 19.5 Å². The number of Topliss-reactive ketones (excluding diaryl/α,β-unsaturated/α-hetero) is 1. The molecule has 2 aromatic heterocycles. The zero-order valence-electron chi connectivity index (χ0n) is 19.3. The van der Waals surface area contributed by atoms with E-state index in [-0.39, 0.29) is 11.1 Å². The normalized spacial score (nSPS) is 10.7. The summed E-state index contributed by atoms with van der Waals surface area (Å²) in [4.78, 5) is 42.5. The number of pyridine rings is 1. The van der Waals surface area contributed by atoms with E-state index >= 15 is 0 Å². The third kappa shape index (κ3) is 4.88. The second-order valence-corrected chi connectivity index (χ2v) is 8.20. The Hall–Kier alpha value is -4.17. The van der Waals surface area contributed by atoms with Crippen LogP contribution in [0.4, 0.5) is 5.69 Å². The Labute approximate surface area is 206 Å². The van der Waals surface area contributed by atoms with Crippen molar-refractivity contribution >= 4 is 45.9 Å². The highest BCUT2D eigenvalue weighted by atomic mass is 35.5. The summed E-state index contributed by atoms with van der Waals surface area (Å²) in [6.45, 7) is 2.21. The van der Waals surface area contributed by atoms with Crippen molar-refractivity contribution in [3.63, 3.8) is 0 Å². The van der Waals surface area contributed by atoms with Crippen LogP contribution >= 0.6 is 11.6 Å². The molecule has 0 saturated heterocycles. The van der Waals surface area contributed by atoms with Gasteiger partial charge in [0.2, 0.25) is 5.88 Å². The summed E-state index contributed by atoms with van der Waals surface area (Å²) in [7, 11) is 2.74. The van der Waals surface area contributed by atoms with Crippen molar-refractivity contribution in [1.29, 1.82) is 0 Å². The number of hydrogen-bond acceptors (Lipinski definition) is 6. The zero-order valence-corrected chi connectivity index (χ0v) is 20.1. The van der Waals surface area contributed by atoms with Gasteiger partial charge in [0.1, 0.15) is 0 Å². The van der Waals surface area contributed by atoms with Crippen LogP contribution in [0.2, 0.25) is 5.02 Å². The summed E-state index contributed by atoms with van der Waals surface area (Å²) in [5.74, 6) is -1.80. The van der Waals surface area contributed by atoms with Gasteiger partial charge in [-0.15, -0.1) is 0 Å². The number of halogens is 1. The molecular formula is C26H22ClN3O5. The minimum Gasteiger partial charge on any atom is -0.481 e. The van der Waals surface area contributed by atoms with Gasteiger partial charge in [-0.25, -0.2) is 9.78 Å². The molecule has 0 fully saturated rings. The van der Waals surface area contributed by atoms with Crippen molar-refractivity contribution in [3.8, 4) is 5.88 Å². The molecule has 9 heteroatoms. The Morgan fingerprint density at radius 3 is 2.46 bits per heavy atom. The lowest BCUT2D eigenvalue weighted by Crippen LogP contribution is -2.23. The number of ketones is 1. The average molecular weight is 492 g/mol. The summed E-state index contributed by atoms with van der Waals surface area (Å²) in [6.07, 6.45) is 1.46. The third-order valence-electron chi connectivity index (χ3n) is 5.63. The molecule has 0 radical (unpaired) electrons. The SMILES string of the molecule is COC(=O)c1ccc2c(c1)c(C(=O)C(=O)Nc1ccnc(OC)c1)c(C)n2Cc1ccc(Cl)cc1. The molecule has 0 unspecified atom stereocenters. The molecule has 35 heavy (non-hydrogen) atoms. The van der Waals surface area contributed by atoms with E-state index in [9.17, 15) is 14.4 Å². The lowest BCUT2D eigenvalue weighted by molar-refractivity contribution is -0.112. The Morgan fingerprint density at radius 1 is 1.03 bits per heavy atom. The number of methoxy groups -OCH3 is 2. The van der Waals surface area contributed by atoms with Gasteiger partial charge in [0.05, 0.1) is 25.3 Å². The first-order valence-corrected chi connectivity index (χ1v) is 11.0. The number of carbonyl (C=O) groups excluding carboxylic acids is 3. The highest BCUT2D eigenvalue weighted by Gasteiger charge is 2.26. The van der Waals surface area contributed by atoms with Crippen molar-refractivity contribution in [2.45, 2.75) is 13.5 Å². The van der Waals surface area contributed by atoms with E-state index in [4.69, 9.17) is 21.1 Å². The van der Waals surface area contributed by atoms with Crippen LogP contribution in [0.3, 0.4) is 0 Å². The molecule has 0 aliphatic heterocycles. The number of anilines is 1. The fourth-order valence-electron chi connectivity index (χ4n) is 3.89. The lowest BCUT2D eigenvalue weighted by Gasteiger charge is -2.10. The van der Waals surface area contributed by atoms with Gasteiger partial charge >= 0.3 is 5.97 Å². The fraction of sp³-hybridized carbons (Fsp3) is 0.154. The Bertz CT molecular complexity index is 1440. The number of fused-ring (bicyclic) bond motifs is 1. The summed E-state index contributed by atoms with van der Waals surface area (Å²) >= 11 is 6.02.